The number of benzene rings is 1. The van der Waals surface area contributed by atoms with Crippen LogP contribution in [0, 0.1) is 11.8 Å². The van der Waals surface area contributed by atoms with Crippen LogP contribution in [0.4, 0.5) is 5.69 Å². The highest BCUT2D eigenvalue weighted by atomic mass is 15.1. The fourth-order valence-electron chi connectivity index (χ4n) is 2.88. The molecule has 0 bridgehead atoms. The molecule has 1 heterocycles. The summed E-state index contributed by atoms with van der Waals surface area (Å²) in [6.07, 6.45) is 3.86. The third kappa shape index (κ3) is 3.74. The molecule has 0 aromatic heterocycles. The second kappa shape index (κ2) is 6.24. The molecule has 100 valence electrons. The Hall–Kier alpha value is -1.02. The first-order chi connectivity index (χ1) is 8.65. The molecule has 0 amide bonds. The summed E-state index contributed by atoms with van der Waals surface area (Å²) < 4.78 is 0. The maximum atomic E-state index is 5.81. The quantitative estimate of drug-likeness (QED) is 0.827. The van der Waals surface area contributed by atoms with Gasteiger partial charge < -0.3 is 10.6 Å². The Kier molecular flexibility index (Phi) is 4.65. The molecule has 2 heteroatoms. The summed E-state index contributed by atoms with van der Waals surface area (Å²) in [5.41, 5.74) is 8.05. The van der Waals surface area contributed by atoms with Crippen molar-refractivity contribution in [1.82, 2.24) is 4.90 Å². The van der Waals surface area contributed by atoms with Gasteiger partial charge in [-0.2, -0.15) is 0 Å². The van der Waals surface area contributed by atoms with Gasteiger partial charge in [-0.3, -0.25) is 0 Å². The Morgan fingerprint density at radius 2 is 2.00 bits per heavy atom. The second-order valence-electron chi connectivity index (χ2n) is 5.92. The Balaban J connectivity index is 1.75. The predicted octanol–water partition coefficient (Wildman–Crippen LogP) is 3.18. The van der Waals surface area contributed by atoms with Crippen molar-refractivity contribution in [3.63, 3.8) is 0 Å². The highest BCUT2D eigenvalue weighted by Crippen LogP contribution is 2.24. The fourth-order valence-corrected chi connectivity index (χ4v) is 2.88. The zero-order chi connectivity index (χ0) is 13.0. The van der Waals surface area contributed by atoms with Gasteiger partial charge in [0.2, 0.25) is 0 Å². The molecule has 1 saturated heterocycles. The highest BCUT2D eigenvalue weighted by Gasteiger charge is 2.20. The summed E-state index contributed by atoms with van der Waals surface area (Å²) in [6.45, 7) is 8.42. The average molecular weight is 246 g/mol. The van der Waals surface area contributed by atoms with E-state index in [-0.39, 0.29) is 0 Å². The number of likely N-dealkylation sites (tertiary alicyclic amines) is 1. The second-order valence-corrected chi connectivity index (χ2v) is 5.92. The van der Waals surface area contributed by atoms with Gasteiger partial charge in [-0.25, -0.2) is 0 Å². The number of nitrogens with zero attached hydrogens (tertiary/aromatic N) is 1. The molecule has 0 atom stereocenters. The molecule has 2 rings (SSSR count). The van der Waals surface area contributed by atoms with Gasteiger partial charge in [0.1, 0.15) is 0 Å². The van der Waals surface area contributed by atoms with E-state index in [1.165, 1.54) is 38.0 Å². The van der Waals surface area contributed by atoms with Crippen LogP contribution in [-0.2, 0) is 6.42 Å². The van der Waals surface area contributed by atoms with E-state index in [4.69, 9.17) is 5.73 Å². The zero-order valence-corrected chi connectivity index (χ0v) is 11.7. The predicted molar refractivity (Wildman–Crippen MR) is 78.6 cm³/mol. The van der Waals surface area contributed by atoms with Crippen LogP contribution in [0.15, 0.2) is 24.3 Å². The molecule has 18 heavy (non-hydrogen) atoms. The molecular formula is C16H26N2. The lowest BCUT2D eigenvalue weighted by Gasteiger charge is -2.33. The molecule has 0 spiro atoms. The summed E-state index contributed by atoms with van der Waals surface area (Å²) in [6, 6.07) is 8.28. The van der Waals surface area contributed by atoms with Gasteiger partial charge in [-0.15, -0.1) is 0 Å². The van der Waals surface area contributed by atoms with Gasteiger partial charge in [-0.05, 0) is 61.9 Å². The van der Waals surface area contributed by atoms with Crippen molar-refractivity contribution in [1.29, 1.82) is 0 Å². The van der Waals surface area contributed by atoms with E-state index in [1.54, 1.807) is 0 Å². The summed E-state index contributed by atoms with van der Waals surface area (Å²) in [4.78, 5) is 2.60. The smallest absolute Gasteiger partial charge is 0.0316 e. The van der Waals surface area contributed by atoms with Crippen molar-refractivity contribution < 1.29 is 0 Å². The molecular weight excluding hydrogens is 220 g/mol. The number of hydrogen-bond acceptors (Lipinski definition) is 2. The minimum absolute atomic E-state index is 0.848. The summed E-state index contributed by atoms with van der Waals surface area (Å²) in [7, 11) is 0. The number of anilines is 1. The zero-order valence-electron chi connectivity index (χ0n) is 11.7. The fraction of sp³-hybridized carbons (Fsp3) is 0.625. The van der Waals surface area contributed by atoms with E-state index in [9.17, 15) is 0 Å². The van der Waals surface area contributed by atoms with Crippen LogP contribution in [0.1, 0.15) is 32.3 Å². The Morgan fingerprint density at radius 1 is 1.28 bits per heavy atom. The van der Waals surface area contributed by atoms with Gasteiger partial charge in [-0.1, -0.05) is 26.0 Å². The van der Waals surface area contributed by atoms with Crippen molar-refractivity contribution in [2.24, 2.45) is 11.8 Å². The first-order valence-corrected chi connectivity index (χ1v) is 7.22. The van der Waals surface area contributed by atoms with Gasteiger partial charge in [0.05, 0.1) is 0 Å². The minimum atomic E-state index is 0.848. The van der Waals surface area contributed by atoms with Crippen LogP contribution >= 0.6 is 0 Å². The van der Waals surface area contributed by atoms with E-state index in [2.05, 4.69) is 36.9 Å². The Morgan fingerprint density at radius 3 is 2.61 bits per heavy atom. The Bertz CT molecular complexity index is 365. The van der Waals surface area contributed by atoms with Crippen molar-refractivity contribution in [2.75, 3.05) is 25.4 Å². The lowest BCUT2D eigenvalue weighted by molar-refractivity contribution is 0.159. The molecule has 1 aromatic rings. The van der Waals surface area contributed by atoms with Crippen molar-refractivity contribution in [3.05, 3.63) is 29.8 Å². The molecule has 0 saturated carbocycles. The molecule has 0 aliphatic carbocycles. The van der Waals surface area contributed by atoms with Crippen molar-refractivity contribution in [2.45, 2.75) is 33.1 Å². The largest absolute Gasteiger partial charge is 0.399 e. The molecule has 1 fully saturated rings. The Labute approximate surface area is 111 Å². The molecule has 2 N–H and O–H groups in total. The first-order valence-electron chi connectivity index (χ1n) is 7.22. The average Bonchev–Trinajstić information content (AvgIpc) is 2.37. The molecule has 0 unspecified atom stereocenters. The highest BCUT2D eigenvalue weighted by molar-refractivity contribution is 5.40. The molecule has 1 aliphatic rings. The van der Waals surface area contributed by atoms with Crippen LogP contribution in [0.5, 0.6) is 0 Å². The van der Waals surface area contributed by atoms with Crippen molar-refractivity contribution in [3.8, 4) is 0 Å². The first kappa shape index (κ1) is 13.4. The molecule has 0 radical (unpaired) electrons. The molecule has 1 aliphatic heterocycles. The third-order valence-corrected chi connectivity index (χ3v) is 4.24. The number of hydrogen-bond donors (Lipinski definition) is 1. The third-order valence-electron chi connectivity index (χ3n) is 4.24. The summed E-state index contributed by atoms with van der Waals surface area (Å²) >= 11 is 0. The lowest BCUT2D eigenvalue weighted by atomic mass is 9.86. The van der Waals surface area contributed by atoms with Gasteiger partial charge in [0.15, 0.2) is 0 Å². The normalized spacial score (nSPS) is 18.4. The van der Waals surface area contributed by atoms with E-state index >= 15 is 0 Å². The van der Waals surface area contributed by atoms with Crippen LogP contribution in [0.2, 0.25) is 0 Å². The monoisotopic (exact) mass is 246 g/mol. The maximum Gasteiger partial charge on any atom is 0.0316 e. The number of rotatable bonds is 4. The summed E-state index contributed by atoms with van der Waals surface area (Å²) in [5.74, 6) is 1.79. The van der Waals surface area contributed by atoms with E-state index < -0.39 is 0 Å². The van der Waals surface area contributed by atoms with Gasteiger partial charge in [0.25, 0.3) is 0 Å². The van der Waals surface area contributed by atoms with Crippen LogP contribution < -0.4 is 5.73 Å². The number of nitrogen functional groups attached to an aromatic ring is 1. The minimum Gasteiger partial charge on any atom is -0.399 e. The van der Waals surface area contributed by atoms with Gasteiger partial charge in [0, 0.05) is 12.2 Å². The standard InChI is InChI=1S/C16H26N2/c1-13(2)15-7-10-18(11-8-15)9-6-14-4-3-5-16(17)12-14/h3-5,12-13,15H,6-11,17H2,1-2H3. The van der Waals surface area contributed by atoms with E-state index in [0.717, 1.165) is 23.9 Å². The lowest BCUT2D eigenvalue weighted by Crippen LogP contribution is -2.36. The van der Waals surface area contributed by atoms with Crippen LogP contribution in [-0.4, -0.2) is 24.5 Å². The van der Waals surface area contributed by atoms with Crippen LogP contribution in [0.3, 0.4) is 0 Å². The van der Waals surface area contributed by atoms with E-state index in [1.807, 2.05) is 6.07 Å². The maximum absolute atomic E-state index is 5.81. The van der Waals surface area contributed by atoms with E-state index in [0.29, 0.717) is 0 Å². The number of piperidine rings is 1. The molecule has 2 nitrogen and oxygen atoms in total. The van der Waals surface area contributed by atoms with Crippen LogP contribution in [0.25, 0.3) is 0 Å². The molecule has 1 aromatic carbocycles. The van der Waals surface area contributed by atoms with Gasteiger partial charge >= 0.3 is 0 Å². The SMILES string of the molecule is CC(C)C1CCN(CCc2cccc(N)c2)CC1. The van der Waals surface area contributed by atoms with Crippen molar-refractivity contribution >= 4 is 5.69 Å². The summed E-state index contributed by atoms with van der Waals surface area (Å²) in [5, 5.41) is 0. The topological polar surface area (TPSA) is 29.3 Å². The number of nitrogens with two attached hydrogens (primary N) is 1.